The van der Waals surface area contributed by atoms with Crippen LogP contribution in [0.3, 0.4) is 0 Å². The molecule has 3 rings (SSSR count). The van der Waals surface area contributed by atoms with Gasteiger partial charge in [-0.15, -0.1) is 11.3 Å². The summed E-state index contributed by atoms with van der Waals surface area (Å²) in [6.45, 7) is 7.16. The molecule has 1 saturated heterocycles. The first-order valence-corrected chi connectivity index (χ1v) is 9.72. The monoisotopic (exact) mass is 349 g/mol. The van der Waals surface area contributed by atoms with E-state index < -0.39 is 0 Å². The smallest absolute Gasteiger partial charge is 0.225 e. The molecular formula is C18H27N3O2S. The molecule has 0 spiro atoms. The number of hydrogen-bond acceptors (Lipinski definition) is 4. The molecule has 0 radical (unpaired) electrons. The van der Waals surface area contributed by atoms with Crippen LogP contribution in [0.5, 0.6) is 0 Å². The molecule has 5 nitrogen and oxygen atoms in total. The van der Waals surface area contributed by atoms with Crippen LogP contribution in [0.2, 0.25) is 0 Å². The summed E-state index contributed by atoms with van der Waals surface area (Å²) in [4.78, 5) is 32.4. The molecule has 1 aromatic rings. The molecule has 1 aliphatic carbocycles. The Bertz CT molecular complexity index is 609. The number of carbonyl (C=O) groups excluding carboxylic acids is 2. The Kier molecular flexibility index (Phi) is 4.95. The van der Waals surface area contributed by atoms with E-state index in [1.165, 1.54) is 23.4 Å². The Labute approximate surface area is 147 Å². The number of thiazole rings is 1. The number of nitrogens with zero attached hydrogens (tertiary/aromatic N) is 2. The third kappa shape index (κ3) is 3.79. The summed E-state index contributed by atoms with van der Waals surface area (Å²) in [5.41, 5.74) is 1.06. The van der Waals surface area contributed by atoms with Crippen molar-refractivity contribution in [2.75, 3.05) is 13.1 Å². The highest BCUT2D eigenvalue weighted by atomic mass is 32.1. The predicted molar refractivity (Wildman–Crippen MR) is 95.0 cm³/mol. The van der Waals surface area contributed by atoms with Gasteiger partial charge in [-0.05, 0) is 46.5 Å². The third-order valence-electron chi connectivity index (χ3n) is 4.83. The number of aromatic nitrogens is 1. The lowest BCUT2D eigenvalue weighted by atomic mass is 10.0. The van der Waals surface area contributed by atoms with Gasteiger partial charge in [0.15, 0.2) is 0 Å². The highest BCUT2D eigenvalue weighted by molar-refractivity contribution is 7.11. The Morgan fingerprint density at radius 1 is 1.33 bits per heavy atom. The van der Waals surface area contributed by atoms with Gasteiger partial charge in [0, 0.05) is 36.3 Å². The topological polar surface area (TPSA) is 62.3 Å². The van der Waals surface area contributed by atoms with Gasteiger partial charge in [-0.25, -0.2) is 4.98 Å². The summed E-state index contributed by atoms with van der Waals surface area (Å²) >= 11 is 1.80. The molecule has 0 saturated carbocycles. The maximum atomic E-state index is 12.3. The molecule has 0 bridgehead atoms. The van der Waals surface area contributed by atoms with Crippen LogP contribution < -0.4 is 5.32 Å². The van der Waals surface area contributed by atoms with Crippen molar-refractivity contribution in [1.82, 2.24) is 15.2 Å². The van der Waals surface area contributed by atoms with Crippen molar-refractivity contribution in [3.63, 3.8) is 0 Å². The van der Waals surface area contributed by atoms with Crippen LogP contribution in [0.25, 0.3) is 0 Å². The second-order valence-electron chi connectivity index (χ2n) is 7.80. The molecule has 2 aliphatic rings. The van der Waals surface area contributed by atoms with E-state index in [4.69, 9.17) is 4.98 Å². The Balaban J connectivity index is 1.48. The normalized spacial score (nSPS) is 21.0. The Morgan fingerprint density at radius 3 is 2.75 bits per heavy atom. The number of rotatable bonds is 4. The highest BCUT2D eigenvalue weighted by Gasteiger charge is 2.39. The molecule has 1 atom stereocenters. The first-order valence-electron chi connectivity index (χ1n) is 8.90. The van der Waals surface area contributed by atoms with Crippen molar-refractivity contribution in [3.05, 3.63) is 15.6 Å². The largest absolute Gasteiger partial charge is 0.355 e. The van der Waals surface area contributed by atoms with Gasteiger partial charge in [0.25, 0.3) is 0 Å². The van der Waals surface area contributed by atoms with Crippen LogP contribution >= 0.6 is 11.3 Å². The zero-order valence-electron chi connectivity index (χ0n) is 14.9. The second kappa shape index (κ2) is 6.82. The molecule has 1 aliphatic heterocycles. The molecule has 132 valence electrons. The number of likely N-dealkylation sites (tertiary alicyclic amines) is 1. The number of fused-ring (bicyclic) bond motifs is 1. The standard InChI is InChI=1S/C18H27N3O2S/c1-18(2,3)21-11-12(10-16(21)22)17(23)19-9-8-15-20-13-6-4-5-7-14(13)24-15/h12H,4-11H2,1-3H3,(H,19,23). The van der Waals surface area contributed by atoms with Crippen molar-refractivity contribution >= 4 is 23.2 Å². The fourth-order valence-electron chi connectivity index (χ4n) is 3.48. The summed E-state index contributed by atoms with van der Waals surface area (Å²) in [5, 5.41) is 4.12. The SMILES string of the molecule is CC(C)(C)N1CC(C(=O)NCCc2nc3c(s2)CCCC3)CC1=O. The predicted octanol–water partition coefficient (Wildman–Crippen LogP) is 2.33. The number of carbonyl (C=O) groups is 2. The fraction of sp³-hybridized carbons (Fsp3) is 0.722. The maximum absolute atomic E-state index is 12.3. The number of aryl methyl sites for hydroxylation is 2. The van der Waals surface area contributed by atoms with Crippen molar-refractivity contribution in [2.45, 2.75) is 64.8 Å². The van der Waals surface area contributed by atoms with E-state index in [9.17, 15) is 9.59 Å². The summed E-state index contributed by atoms with van der Waals surface area (Å²) in [6, 6.07) is 0. The quantitative estimate of drug-likeness (QED) is 0.907. The van der Waals surface area contributed by atoms with Gasteiger partial charge >= 0.3 is 0 Å². The summed E-state index contributed by atoms with van der Waals surface area (Å²) in [6.07, 6.45) is 5.89. The highest BCUT2D eigenvalue weighted by Crippen LogP contribution is 2.27. The number of nitrogens with one attached hydrogen (secondary N) is 1. The van der Waals surface area contributed by atoms with Crippen molar-refractivity contribution in [1.29, 1.82) is 0 Å². The third-order valence-corrected chi connectivity index (χ3v) is 6.05. The van der Waals surface area contributed by atoms with Crippen LogP contribution in [0.1, 0.15) is 55.6 Å². The van der Waals surface area contributed by atoms with Crippen LogP contribution in [-0.2, 0) is 28.9 Å². The molecule has 24 heavy (non-hydrogen) atoms. The van der Waals surface area contributed by atoms with Gasteiger partial charge in [-0.1, -0.05) is 0 Å². The average molecular weight is 350 g/mol. The van der Waals surface area contributed by atoms with E-state index in [-0.39, 0.29) is 23.3 Å². The summed E-state index contributed by atoms with van der Waals surface area (Å²) in [7, 11) is 0. The molecule has 0 aromatic carbocycles. The Morgan fingerprint density at radius 2 is 2.08 bits per heavy atom. The van der Waals surface area contributed by atoms with Gasteiger partial charge in [-0.2, -0.15) is 0 Å². The summed E-state index contributed by atoms with van der Waals surface area (Å²) < 4.78 is 0. The molecule has 1 aromatic heterocycles. The fourth-order valence-corrected chi connectivity index (χ4v) is 4.64. The molecule has 6 heteroatoms. The van der Waals surface area contributed by atoms with Crippen LogP contribution in [0.4, 0.5) is 0 Å². The molecule has 1 fully saturated rings. The van der Waals surface area contributed by atoms with Crippen molar-refractivity contribution in [2.24, 2.45) is 5.92 Å². The van der Waals surface area contributed by atoms with E-state index in [0.29, 0.717) is 19.5 Å². The zero-order chi connectivity index (χ0) is 17.3. The van der Waals surface area contributed by atoms with Gasteiger partial charge < -0.3 is 10.2 Å². The first kappa shape index (κ1) is 17.4. The Hall–Kier alpha value is -1.43. The number of amides is 2. The minimum absolute atomic E-state index is 0.00332. The van der Waals surface area contributed by atoms with Gasteiger partial charge in [0.2, 0.25) is 11.8 Å². The molecule has 1 unspecified atom stereocenters. The van der Waals surface area contributed by atoms with Gasteiger partial charge in [-0.3, -0.25) is 9.59 Å². The first-order chi connectivity index (χ1) is 11.3. The van der Waals surface area contributed by atoms with Crippen LogP contribution in [-0.4, -0.2) is 40.3 Å². The van der Waals surface area contributed by atoms with E-state index >= 15 is 0 Å². The van der Waals surface area contributed by atoms with Crippen molar-refractivity contribution < 1.29 is 9.59 Å². The van der Waals surface area contributed by atoms with E-state index in [2.05, 4.69) is 5.32 Å². The van der Waals surface area contributed by atoms with Gasteiger partial charge in [0.05, 0.1) is 16.6 Å². The minimum atomic E-state index is -0.221. The van der Waals surface area contributed by atoms with Crippen molar-refractivity contribution in [3.8, 4) is 0 Å². The van der Waals surface area contributed by atoms with Crippen LogP contribution in [0, 0.1) is 5.92 Å². The van der Waals surface area contributed by atoms with E-state index in [1.54, 1.807) is 11.3 Å². The molecule has 2 heterocycles. The molecule has 1 N–H and O–H groups in total. The molecular weight excluding hydrogens is 322 g/mol. The minimum Gasteiger partial charge on any atom is -0.355 e. The average Bonchev–Trinajstić information content (AvgIpc) is 3.09. The van der Waals surface area contributed by atoms with E-state index in [1.807, 2.05) is 25.7 Å². The lowest BCUT2D eigenvalue weighted by Crippen LogP contribution is -2.43. The lowest BCUT2D eigenvalue weighted by Gasteiger charge is -2.31. The molecule has 2 amide bonds. The second-order valence-corrected chi connectivity index (χ2v) is 8.97. The lowest BCUT2D eigenvalue weighted by molar-refractivity contribution is -0.132. The maximum Gasteiger partial charge on any atom is 0.225 e. The number of hydrogen-bond donors (Lipinski definition) is 1. The van der Waals surface area contributed by atoms with Gasteiger partial charge in [0.1, 0.15) is 0 Å². The van der Waals surface area contributed by atoms with Crippen LogP contribution in [0.15, 0.2) is 0 Å². The summed E-state index contributed by atoms with van der Waals surface area (Å²) in [5.74, 6) is -0.145. The van der Waals surface area contributed by atoms with E-state index in [0.717, 1.165) is 24.3 Å². The zero-order valence-corrected chi connectivity index (χ0v) is 15.7.